The number of benzene rings is 2. The fraction of sp³-hybridized carbons (Fsp3) is 0.278. The van der Waals surface area contributed by atoms with Crippen LogP contribution in [0.5, 0.6) is 17.2 Å². The van der Waals surface area contributed by atoms with E-state index >= 15 is 0 Å². The lowest BCUT2D eigenvalue weighted by Gasteiger charge is -2.15. The molecule has 0 saturated heterocycles. The van der Waals surface area contributed by atoms with Crippen molar-refractivity contribution in [2.24, 2.45) is 0 Å². The molecule has 2 aromatic rings. The molecule has 0 radical (unpaired) electrons. The third kappa shape index (κ3) is 5.41. The van der Waals surface area contributed by atoms with E-state index < -0.39 is 23.8 Å². The van der Waals surface area contributed by atoms with Crippen molar-refractivity contribution in [3.05, 3.63) is 54.1 Å². The molecule has 25 heavy (non-hydrogen) atoms. The molecular weight excluding hydrogens is 337 g/mol. The van der Waals surface area contributed by atoms with Gasteiger partial charge in [-0.2, -0.15) is 13.2 Å². The van der Waals surface area contributed by atoms with E-state index in [9.17, 15) is 18.0 Å². The summed E-state index contributed by atoms with van der Waals surface area (Å²) in [5.41, 5.74) is -0.797. The highest BCUT2D eigenvalue weighted by molar-refractivity contribution is 5.72. The molecule has 0 spiro atoms. The van der Waals surface area contributed by atoms with Crippen LogP contribution in [0.4, 0.5) is 13.2 Å². The number of carboxylic acids is 1. The standard InChI is InChI=1S/C18H17F3O4/c1-2-4-16(17(22)23)25-14-9-7-13(8-10-14)24-15-6-3-5-12(11-15)18(19,20)21/h3,5-11,16H,2,4H2,1H3,(H,22,23). The van der Waals surface area contributed by atoms with Gasteiger partial charge in [-0.05, 0) is 48.9 Å². The van der Waals surface area contributed by atoms with Crippen LogP contribution >= 0.6 is 0 Å². The fourth-order valence-electron chi connectivity index (χ4n) is 2.12. The second-order valence-electron chi connectivity index (χ2n) is 5.33. The molecule has 2 rings (SSSR count). The van der Waals surface area contributed by atoms with Crippen molar-refractivity contribution in [2.75, 3.05) is 0 Å². The van der Waals surface area contributed by atoms with Gasteiger partial charge >= 0.3 is 12.1 Å². The molecule has 0 aliphatic heterocycles. The molecule has 2 aromatic carbocycles. The van der Waals surface area contributed by atoms with Gasteiger partial charge in [0.25, 0.3) is 0 Å². The van der Waals surface area contributed by atoms with Crippen LogP contribution in [0.25, 0.3) is 0 Å². The van der Waals surface area contributed by atoms with Crippen LogP contribution in [0.1, 0.15) is 25.3 Å². The number of rotatable bonds is 7. The molecule has 0 saturated carbocycles. The van der Waals surface area contributed by atoms with E-state index in [1.54, 1.807) is 0 Å². The van der Waals surface area contributed by atoms with Gasteiger partial charge in [0.15, 0.2) is 6.10 Å². The molecule has 1 unspecified atom stereocenters. The molecule has 1 atom stereocenters. The van der Waals surface area contributed by atoms with Gasteiger partial charge in [-0.1, -0.05) is 19.4 Å². The average Bonchev–Trinajstić information content (AvgIpc) is 2.55. The van der Waals surface area contributed by atoms with E-state index in [0.717, 1.165) is 12.1 Å². The first-order valence-electron chi connectivity index (χ1n) is 7.64. The van der Waals surface area contributed by atoms with Gasteiger partial charge in [0, 0.05) is 0 Å². The monoisotopic (exact) mass is 354 g/mol. The topological polar surface area (TPSA) is 55.8 Å². The maximum atomic E-state index is 12.7. The summed E-state index contributed by atoms with van der Waals surface area (Å²) in [6, 6.07) is 10.6. The van der Waals surface area contributed by atoms with Gasteiger partial charge in [0.05, 0.1) is 5.56 Å². The van der Waals surface area contributed by atoms with Crippen molar-refractivity contribution in [2.45, 2.75) is 32.0 Å². The Labute approximate surface area is 142 Å². The Morgan fingerprint density at radius 1 is 1.08 bits per heavy atom. The Morgan fingerprint density at radius 3 is 2.28 bits per heavy atom. The molecule has 134 valence electrons. The van der Waals surface area contributed by atoms with E-state index in [1.165, 1.54) is 36.4 Å². The third-order valence-electron chi connectivity index (χ3n) is 3.33. The molecule has 7 heteroatoms. The Kier molecular flexibility index (Phi) is 5.90. The lowest BCUT2D eigenvalue weighted by Crippen LogP contribution is -2.26. The van der Waals surface area contributed by atoms with E-state index in [0.29, 0.717) is 24.3 Å². The summed E-state index contributed by atoms with van der Waals surface area (Å²) in [6.45, 7) is 1.85. The first kappa shape index (κ1) is 18.6. The average molecular weight is 354 g/mol. The van der Waals surface area contributed by atoms with Crippen LogP contribution < -0.4 is 9.47 Å². The summed E-state index contributed by atoms with van der Waals surface area (Å²) in [5.74, 6) is -0.338. The van der Waals surface area contributed by atoms with Crippen molar-refractivity contribution in [1.82, 2.24) is 0 Å². The van der Waals surface area contributed by atoms with Crippen LogP contribution in [0.2, 0.25) is 0 Å². The van der Waals surface area contributed by atoms with Gasteiger partial charge in [0.2, 0.25) is 0 Å². The highest BCUT2D eigenvalue weighted by atomic mass is 19.4. The summed E-state index contributed by atoms with van der Waals surface area (Å²) in [5, 5.41) is 9.07. The number of carboxylic acid groups (broad SMARTS) is 1. The van der Waals surface area contributed by atoms with E-state index in [2.05, 4.69) is 0 Å². The molecule has 0 aromatic heterocycles. The summed E-state index contributed by atoms with van der Waals surface area (Å²) in [4.78, 5) is 11.1. The zero-order chi connectivity index (χ0) is 18.4. The van der Waals surface area contributed by atoms with Crippen molar-refractivity contribution < 1.29 is 32.5 Å². The van der Waals surface area contributed by atoms with Gasteiger partial charge < -0.3 is 14.6 Å². The number of hydrogen-bond donors (Lipinski definition) is 1. The fourth-order valence-corrected chi connectivity index (χ4v) is 2.12. The first-order valence-corrected chi connectivity index (χ1v) is 7.64. The summed E-state index contributed by atoms with van der Waals surface area (Å²) in [7, 11) is 0. The second kappa shape index (κ2) is 7.92. The normalized spacial score (nSPS) is 12.5. The van der Waals surface area contributed by atoms with Crippen LogP contribution in [-0.4, -0.2) is 17.2 Å². The maximum absolute atomic E-state index is 12.7. The zero-order valence-electron chi connectivity index (χ0n) is 13.4. The largest absolute Gasteiger partial charge is 0.479 e. The number of alkyl halides is 3. The van der Waals surface area contributed by atoms with Gasteiger partial charge in [0.1, 0.15) is 17.2 Å². The Morgan fingerprint density at radius 2 is 1.72 bits per heavy atom. The van der Waals surface area contributed by atoms with Gasteiger partial charge in [-0.3, -0.25) is 0 Å². The zero-order valence-corrected chi connectivity index (χ0v) is 13.4. The Hall–Kier alpha value is -2.70. The van der Waals surface area contributed by atoms with Crippen LogP contribution in [0.3, 0.4) is 0 Å². The highest BCUT2D eigenvalue weighted by Crippen LogP contribution is 2.33. The molecule has 4 nitrogen and oxygen atoms in total. The van der Waals surface area contributed by atoms with E-state index in [-0.39, 0.29) is 5.75 Å². The molecule has 1 N–H and O–H groups in total. The minimum absolute atomic E-state index is 0.0536. The minimum atomic E-state index is -4.44. The smallest absolute Gasteiger partial charge is 0.416 e. The lowest BCUT2D eigenvalue weighted by atomic mass is 10.2. The Bertz CT molecular complexity index is 711. The van der Waals surface area contributed by atoms with Gasteiger partial charge in [-0.15, -0.1) is 0 Å². The summed E-state index contributed by atoms with van der Waals surface area (Å²) in [6.07, 6.45) is -4.35. The van der Waals surface area contributed by atoms with Gasteiger partial charge in [-0.25, -0.2) is 4.79 Å². The van der Waals surface area contributed by atoms with Crippen LogP contribution in [0, 0.1) is 0 Å². The van der Waals surface area contributed by atoms with Crippen molar-refractivity contribution in [3.63, 3.8) is 0 Å². The molecule has 0 fully saturated rings. The number of aliphatic carboxylic acids is 1. The molecule has 0 bridgehead atoms. The highest BCUT2D eigenvalue weighted by Gasteiger charge is 2.30. The number of ether oxygens (including phenoxy) is 2. The van der Waals surface area contributed by atoms with Crippen LogP contribution in [0.15, 0.2) is 48.5 Å². The number of halogens is 3. The summed E-state index contributed by atoms with van der Waals surface area (Å²) < 4.78 is 48.8. The molecule has 0 heterocycles. The van der Waals surface area contributed by atoms with Crippen molar-refractivity contribution in [3.8, 4) is 17.2 Å². The molecular formula is C18H17F3O4. The summed E-state index contributed by atoms with van der Waals surface area (Å²) >= 11 is 0. The van der Waals surface area contributed by atoms with E-state index in [4.69, 9.17) is 14.6 Å². The molecule has 0 aliphatic rings. The number of hydrogen-bond acceptors (Lipinski definition) is 3. The maximum Gasteiger partial charge on any atom is 0.416 e. The van der Waals surface area contributed by atoms with Crippen molar-refractivity contribution >= 4 is 5.97 Å². The van der Waals surface area contributed by atoms with Crippen molar-refractivity contribution in [1.29, 1.82) is 0 Å². The second-order valence-corrected chi connectivity index (χ2v) is 5.33. The van der Waals surface area contributed by atoms with E-state index in [1.807, 2.05) is 6.92 Å². The minimum Gasteiger partial charge on any atom is -0.479 e. The predicted octanol–water partition coefficient (Wildman–Crippen LogP) is 5.13. The first-order chi connectivity index (χ1) is 11.8. The predicted molar refractivity (Wildman–Crippen MR) is 84.9 cm³/mol. The quantitative estimate of drug-likeness (QED) is 0.749. The lowest BCUT2D eigenvalue weighted by molar-refractivity contribution is -0.145. The number of carbonyl (C=O) groups is 1. The Balaban J connectivity index is 2.07. The van der Waals surface area contributed by atoms with Crippen LogP contribution in [-0.2, 0) is 11.0 Å². The SMILES string of the molecule is CCCC(Oc1ccc(Oc2cccc(C(F)(F)F)c2)cc1)C(=O)O. The third-order valence-corrected chi connectivity index (χ3v) is 3.33. The molecule has 0 aliphatic carbocycles. The molecule has 0 amide bonds.